The lowest BCUT2D eigenvalue weighted by molar-refractivity contribution is 0.474. The van der Waals surface area contributed by atoms with Crippen molar-refractivity contribution in [2.75, 3.05) is 0 Å². The fourth-order valence-electron chi connectivity index (χ4n) is 3.28. The van der Waals surface area contributed by atoms with Crippen molar-refractivity contribution in [3.05, 3.63) is 64.8 Å². The van der Waals surface area contributed by atoms with E-state index >= 15 is 0 Å². The molecule has 0 aliphatic heterocycles. The second-order valence-electron chi connectivity index (χ2n) is 6.11. The zero-order chi connectivity index (χ0) is 18.4. The summed E-state index contributed by atoms with van der Waals surface area (Å²) in [6.07, 6.45) is 1.44. The van der Waals surface area contributed by atoms with E-state index < -0.39 is 0 Å². The van der Waals surface area contributed by atoms with Gasteiger partial charge in [0.25, 0.3) is 0 Å². The molecular weight excluding hydrogens is 371 g/mol. The smallest absolute Gasteiger partial charge is 0.141 e. The second kappa shape index (κ2) is 6.34. The number of rotatable bonds is 2. The van der Waals surface area contributed by atoms with Gasteiger partial charge in [0.05, 0.1) is 5.39 Å². The van der Waals surface area contributed by atoms with Crippen LogP contribution in [0.15, 0.2) is 42.7 Å². The van der Waals surface area contributed by atoms with Gasteiger partial charge in [-0.25, -0.2) is 14.4 Å². The summed E-state index contributed by atoms with van der Waals surface area (Å²) in [5, 5.41) is 11.1. The molecule has 26 heavy (non-hydrogen) atoms. The standard InChI is InChI=1S/C20H14ClFN2OS/c1-10-7-14(25)8-11(2)15(10)16-17-19(21)23-9-24-20(17)26-18(16)12-3-5-13(22)6-4-12/h3-9,25H,1-2H3. The molecule has 130 valence electrons. The zero-order valence-corrected chi connectivity index (χ0v) is 15.6. The Bertz CT molecular complexity index is 1120. The Balaban J connectivity index is 2.13. The summed E-state index contributed by atoms with van der Waals surface area (Å²) < 4.78 is 13.4. The number of phenols is 1. The molecule has 0 fully saturated rings. The predicted molar refractivity (Wildman–Crippen MR) is 104 cm³/mol. The van der Waals surface area contributed by atoms with Gasteiger partial charge in [0.2, 0.25) is 0 Å². The van der Waals surface area contributed by atoms with Gasteiger partial charge in [-0.05, 0) is 60.4 Å². The molecule has 0 aliphatic rings. The van der Waals surface area contributed by atoms with Crippen molar-refractivity contribution in [2.45, 2.75) is 13.8 Å². The summed E-state index contributed by atoms with van der Waals surface area (Å²) in [6.45, 7) is 3.88. The van der Waals surface area contributed by atoms with Crippen LogP contribution in [0.5, 0.6) is 5.75 Å². The van der Waals surface area contributed by atoms with E-state index in [4.69, 9.17) is 11.6 Å². The number of aryl methyl sites for hydroxylation is 2. The Hall–Kier alpha value is -2.50. The summed E-state index contributed by atoms with van der Waals surface area (Å²) in [6, 6.07) is 9.81. The van der Waals surface area contributed by atoms with Crippen molar-refractivity contribution in [1.82, 2.24) is 9.97 Å². The molecule has 2 aromatic heterocycles. The number of halogens is 2. The van der Waals surface area contributed by atoms with Crippen LogP contribution in [0.3, 0.4) is 0 Å². The van der Waals surface area contributed by atoms with Gasteiger partial charge in [-0.15, -0.1) is 11.3 Å². The van der Waals surface area contributed by atoms with Crippen molar-refractivity contribution in [2.24, 2.45) is 0 Å². The SMILES string of the molecule is Cc1cc(O)cc(C)c1-c1c(-c2ccc(F)cc2)sc2ncnc(Cl)c12. The fraction of sp³-hybridized carbons (Fsp3) is 0.100. The molecule has 0 atom stereocenters. The number of nitrogens with zero attached hydrogens (tertiary/aromatic N) is 2. The van der Waals surface area contributed by atoms with Crippen LogP contribution in [0, 0.1) is 19.7 Å². The molecule has 0 saturated heterocycles. The Morgan fingerprint density at radius 1 is 1.00 bits per heavy atom. The van der Waals surface area contributed by atoms with Crippen LogP contribution in [-0.2, 0) is 0 Å². The monoisotopic (exact) mass is 384 g/mol. The Labute approximate surface area is 158 Å². The number of benzene rings is 2. The number of aromatic hydroxyl groups is 1. The number of thiophene rings is 1. The van der Waals surface area contributed by atoms with Gasteiger partial charge >= 0.3 is 0 Å². The Morgan fingerprint density at radius 3 is 2.31 bits per heavy atom. The maximum atomic E-state index is 13.4. The number of hydrogen-bond donors (Lipinski definition) is 1. The topological polar surface area (TPSA) is 46.0 Å². The molecule has 1 N–H and O–H groups in total. The van der Waals surface area contributed by atoms with E-state index in [1.165, 1.54) is 29.8 Å². The highest BCUT2D eigenvalue weighted by Gasteiger charge is 2.22. The van der Waals surface area contributed by atoms with Gasteiger partial charge in [-0.3, -0.25) is 0 Å². The van der Waals surface area contributed by atoms with Gasteiger partial charge < -0.3 is 5.11 Å². The third-order valence-electron chi connectivity index (χ3n) is 4.32. The summed E-state index contributed by atoms with van der Waals surface area (Å²) >= 11 is 7.91. The third kappa shape index (κ3) is 2.73. The van der Waals surface area contributed by atoms with Crippen LogP contribution in [0.2, 0.25) is 5.15 Å². The molecule has 0 spiro atoms. The lowest BCUT2D eigenvalue weighted by Gasteiger charge is -2.13. The first-order chi connectivity index (χ1) is 12.5. The largest absolute Gasteiger partial charge is 0.508 e. The fourth-order valence-corrected chi connectivity index (χ4v) is 4.71. The molecule has 0 unspecified atom stereocenters. The van der Waals surface area contributed by atoms with Crippen molar-refractivity contribution in [1.29, 1.82) is 0 Å². The molecule has 0 aliphatic carbocycles. The van der Waals surface area contributed by atoms with Gasteiger partial charge in [0, 0.05) is 10.4 Å². The number of fused-ring (bicyclic) bond motifs is 1. The van der Waals surface area contributed by atoms with Gasteiger partial charge in [0.15, 0.2) is 0 Å². The van der Waals surface area contributed by atoms with E-state index in [1.54, 1.807) is 24.3 Å². The molecule has 2 aromatic carbocycles. The molecule has 3 nitrogen and oxygen atoms in total. The number of phenolic OH excluding ortho intramolecular Hbond substituents is 1. The number of aromatic nitrogens is 2. The van der Waals surface area contributed by atoms with E-state index in [1.807, 2.05) is 13.8 Å². The van der Waals surface area contributed by atoms with Gasteiger partial charge in [-0.1, -0.05) is 23.7 Å². The van der Waals surface area contributed by atoms with Crippen molar-refractivity contribution < 1.29 is 9.50 Å². The van der Waals surface area contributed by atoms with E-state index in [-0.39, 0.29) is 11.6 Å². The van der Waals surface area contributed by atoms with Crippen LogP contribution < -0.4 is 0 Å². The van der Waals surface area contributed by atoms with Crippen LogP contribution >= 0.6 is 22.9 Å². The molecule has 4 rings (SSSR count). The predicted octanol–water partition coefficient (Wildman–Crippen LogP) is 6.14. The summed E-state index contributed by atoms with van der Waals surface area (Å²) in [7, 11) is 0. The quantitative estimate of drug-likeness (QED) is 0.422. The minimum atomic E-state index is -0.286. The summed E-state index contributed by atoms with van der Waals surface area (Å²) in [4.78, 5) is 10.2. The van der Waals surface area contributed by atoms with Crippen molar-refractivity contribution in [3.63, 3.8) is 0 Å². The van der Waals surface area contributed by atoms with Gasteiger partial charge in [-0.2, -0.15) is 0 Å². The first-order valence-corrected chi connectivity index (χ1v) is 9.14. The van der Waals surface area contributed by atoms with Crippen LogP contribution in [0.4, 0.5) is 4.39 Å². The lowest BCUT2D eigenvalue weighted by atomic mass is 9.92. The van der Waals surface area contributed by atoms with E-state index in [9.17, 15) is 9.50 Å². The first kappa shape index (κ1) is 16.9. The molecular formula is C20H14ClFN2OS. The maximum absolute atomic E-state index is 13.4. The molecule has 0 bridgehead atoms. The third-order valence-corrected chi connectivity index (χ3v) is 5.75. The van der Waals surface area contributed by atoms with Crippen LogP contribution in [0.25, 0.3) is 31.8 Å². The molecule has 0 radical (unpaired) electrons. The average molecular weight is 385 g/mol. The molecule has 4 aromatic rings. The second-order valence-corrected chi connectivity index (χ2v) is 7.47. The highest BCUT2D eigenvalue weighted by atomic mass is 35.5. The average Bonchev–Trinajstić information content (AvgIpc) is 2.95. The molecule has 6 heteroatoms. The summed E-state index contributed by atoms with van der Waals surface area (Å²) in [5.41, 5.74) is 4.62. The number of hydrogen-bond acceptors (Lipinski definition) is 4. The van der Waals surface area contributed by atoms with Crippen molar-refractivity contribution in [3.8, 4) is 27.3 Å². The van der Waals surface area contributed by atoms with Crippen molar-refractivity contribution >= 4 is 33.2 Å². The van der Waals surface area contributed by atoms with Crippen LogP contribution in [0.1, 0.15) is 11.1 Å². The minimum absolute atomic E-state index is 0.217. The van der Waals surface area contributed by atoms with Crippen LogP contribution in [-0.4, -0.2) is 15.1 Å². The van der Waals surface area contributed by atoms with E-state index in [2.05, 4.69) is 9.97 Å². The maximum Gasteiger partial charge on any atom is 0.141 e. The lowest BCUT2D eigenvalue weighted by Crippen LogP contribution is -1.91. The van der Waals surface area contributed by atoms with E-state index in [0.717, 1.165) is 42.9 Å². The summed E-state index contributed by atoms with van der Waals surface area (Å²) in [5.74, 6) is -0.0693. The normalized spacial score (nSPS) is 11.2. The first-order valence-electron chi connectivity index (χ1n) is 7.95. The highest BCUT2D eigenvalue weighted by Crippen LogP contribution is 2.48. The zero-order valence-electron chi connectivity index (χ0n) is 14.0. The molecule has 2 heterocycles. The van der Waals surface area contributed by atoms with E-state index in [0.29, 0.717) is 5.15 Å². The minimum Gasteiger partial charge on any atom is -0.508 e. The Morgan fingerprint density at radius 2 is 1.65 bits per heavy atom. The van der Waals surface area contributed by atoms with Gasteiger partial charge in [0.1, 0.15) is 27.9 Å². The Kier molecular flexibility index (Phi) is 4.13. The molecule has 0 saturated carbocycles. The highest BCUT2D eigenvalue weighted by molar-refractivity contribution is 7.22. The molecule has 0 amide bonds.